The first-order chi connectivity index (χ1) is 23.5. The summed E-state index contributed by atoms with van der Waals surface area (Å²) in [5, 5.41) is 18.7. The number of alkyl halides is 6. The highest BCUT2D eigenvalue weighted by atomic mass is 35.5. The van der Waals surface area contributed by atoms with E-state index in [-0.39, 0.29) is 24.2 Å². The Hall–Kier alpha value is -5.31. The van der Waals surface area contributed by atoms with E-state index in [2.05, 4.69) is 30.9 Å². The lowest BCUT2D eigenvalue weighted by atomic mass is 9.93. The number of hydrogen-bond acceptors (Lipinski definition) is 10. The van der Waals surface area contributed by atoms with Crippen molar-refractivity contribution >= 4 is 63.8 Å². The number of carbonyl (C=O) groups is 4. The second-order valence-corrected chi connectivity index (χ2v) is 11.6. The summed E-state index contributed by atoms with van der Waals surface area (Å²) in [5.74, 6) is -5.94. The minimum Gasteiger partial charge on any atom is -0.342 e. The number of hydrogen-bond donors (Lipinski definition) is 3. The van der Waals surface area contributed by atoms with E-state index in [0.29, 0.717) is 42.7 Å². The van der Waals surface area contributed by atoms with E-state index in [4.69, 9.17) is 16.9 Å². The molecule has 50 heavy (non-hydrogen) atoms. The normalized spacial score (nSPS) is 14.5. The predicted octanol–water partition coefficient (Wildman–Crippen LogP) is 5.84. The van der Waals surface area contributed by atoms with Gasteiger partial charge in [-0.1, -0.05) is 11.6 Å². The van der Waals surface area contributed by atoms with Crippen LogP contribution in [0.5, 0.6) is 0 Å². The number of fused-ring (bicyclic) bond motifs is 6. The van der Waals surface area contributed by atoms with Crippen molar-refractivity contribution in [3.05, 3.63) is 59.0 Å². The van der Waals surface area contributed by atoms with E-state index >= 15 is 0 Å². The highest BCUT2D eigenvalue weighted by Crippen LogP contribution is 2.30. The monoisotopic (exact) mass is 724 g/mol. The van der Waals surface area contributed by atoms with Crippen LogP contribution in [-0.4, -0.2) is 68.7 Å². The van der Waals surface area contributed by atoms with Crippen LogP contribution in [0.2, 0.25) is 5.02 Å². The van der Waals surface area contributed by atoms with Gasteiger partial charge in [-0.15, -0.1) is 0 Å². The summed E-state index contributed by atoms with van der Waals surface area (Å²) >= 11 is 6.35. The van der Waals surface area contributed by atoms with Gasteiger partial charge in [-0.3, -0.25) is 24.2 Å². The number of aryl methyl sites for hydroxylation is 2. The van der Waals surface area contributed by atoms with Gasteiger partial charge in [-0.25, -0.2) is 4.98 Å². The van der Waals surface area contributed by atoms with Crippen LogP contribution in [0.3, 0.4) is 0 Å². The summed E-state index contributed by atoms with van der Waals surface area (Å²) < 4.78 is 67.0. The number of rotatable bonds is 5. The first-order valence-electron chi connectivity index (χ1n) is 14.8. The van der Waals surface area contributed by atoms with E-state index in [0.717, 1.165) is 47.5 Å². The minimum absolute atomic E-state index is 0.0528. The number of piperidine rings is 1. The molecular formula is C31H27ClF6N8O4. The number of Topliss-reactive ketones (excluding diaryl/α,β-unsaturated/α-hetero) is 2. The molecule has 1 saturated heterocycles. The Labute approximate surface area is 285 Å². The van der Waals surface area contributed by atoms with E-state index in [1.54, 1.807) is 11.1 Å². The summed E-state index contributed by atoms with van der Waals surface area (Å²) in [7, 11) is 0. The summed E-state index contributed by atoms with van der Waals surface area (Å²) in [4.78, 5) is 59.0. The lowest BCUT2D eigenvalue weighted by Crippen LogP contribution is -2.39. The number of benzene rings is 1. The molecule has 2 aliphatic heterocycles. The molecule has 264 valence electrons. The number of halogens is 7. The average Bonchev–Trinajstić information content (AvgIpc) is 3.05. The molecule has 0 saturated carbocycles. The quantitative estimate of drug-likeness (QED) is 0.215. The largest absolute Gasteiger partial charge is 0.458 e. The zero-order valence-electron chi connectivity index (χ0n) is 25.8. The Morgan fingerprint density at radius 3 is 2.26 bits per heavy atom. The molecule has 4 heterocycles. The fourth-order valence-electron chi connectivity index (χ4n) is 5.04. The molecule has 2 aromatic heterocycles. The SMILES string of the molecule is N#CCC(=O)N1CCC(CC(=O)Nc2ccc3cc2CCc2cncc(c2)Nc2ncc(Cl)c(n2)N3)CC1.O=C(C(=O)C(F)(F)F)C(F)(F)F. The molecule has 6 bridgehead atoms. The zero-order valence-corrected chi connectivity index (χ0v) is 26.5. The van der Waals surface area contributed by atoms with Gasteiger partial charge >= 0.3 is 23.9 Å². The molecule has 2 aliphatic rings. The number of aromatic nitrogens is 3. The van der Waals surface area contributed by atoms with Crippen LogP contribution in [0.4, 0.5) is 55.2 Å². The number of carbonyl (C=O) groups excluding carboxylic acids is 4. The Kier molecular flexibility index (Phi) is 12.0. The smallest absolute Gasteiger partial charge is 0.342 e. The van der Waals surface area contributed by atoms with Gasteiger partial charge in [0, 0.05) is 37.1 Å². The Balaban J connectivity index is 0.000000402. The van der Waals surface area contributed by atoms with E-state index in [9.17, 15) is 45.5 Å². The molecule has 0 unspecified atom stereocenters. The predicted molar refractivity (Wildman–Crippen MR) is 167 cm³/mol. The molecule has 19 heteroatoms. The summed E-state index contributed by atoms with van der Waals surface area (Å²) in [6.45, 7) is 1.17. The standard InChI is InChI=1S/C27H27ClN8O2.C4F6O2/c28-22-16-31-27-33-21-11-18(14-30-15-21)1-2-19-13-20(32-26(22)35-27)3-4-23(19)34-24(37)12-17-6-9-36(10-7-17)25(38)5-8-29;5-3(6,7)1(11)2(12)4(8,9)10/h3-4,11,13-17H,1-2,5-7,9-10,12H2,(H,34,37)(H2,31,32,33,35);. The average molecular weight is 725 g/mol. The number of nitriles is 1. The molecule has 3 aromatic rings. The van der Waals surface area contributed by atoms with E-state index < -0.39 is 23.9 Å². The van der Waals surface area contributed by atoms with Crippen molar-refractivity contribution in [2.24, 2.45) is 5.92 Å². The van der Waals surface area contributed by atoms with Gasteiger partial charge in [0.2, 0.25) is 17.8 Å². The molecule has 0 atom stereocenters. The van der Waals surface area contributed by atoms with Crippen molar-refractivity contribution in [1.29, 1.82) is 5.26 Å². The number of anilines is 5. The summed E-state index contributed by atoms with van der Waals surface area (Å²) in [5.41, 5.74) is 4.34. The lowest BCUT2D eigenvalue weighted by molar-refractivity contribution is -0.193. The Morgan fingerprint density at radius 1 is 0.940 bits per heavy atom. The maximum absolute atomic E-state index is 13.0. The molecule has 0 radical (unpaired) electrons. The van der Waals surface area contributed by atoms with Gasteiger partial charge in [-0.05, 0) is 67.0 Å². The van der Waals surface area contributed by atoms with Crippen LogP contribution in [-0.2, 0) is 32.0 Å². The summed E-state index contributed by atoms with van der Waals surface area (Å²) in [6.07, 6.45) is -3.27. The number of ketones is 2. The lowest BCUT2D eigenvalue weighted by Gasteiger charge is -2.31. The van der Waals surface area contributed by atoms with E-state index in [1.807, 2.05) is 36.5 Å². The topological polar surface area (TPSA) is 170 Å². The third-order valence-corrected chi connectivity index (χ3v) is 7.79. The van der Waals surface area contributed by atoms with Crippen LogP contribution < -0.4 is 16.0 Å². The Bertz CT molecular complexity index is 1780. The molecule has 12 nitrogen and oxygen atoms in total. The van der Waals surface area contributed by atoms with Crippen LogP contribution in [0.25, 0.3) is 0 Å². The van der Waals surface area contributed by atoms with Gasteiger partial charge in [0.15, 0.2) is 5.82 Å². The molecule has 1 fully saturated rings. The number of pyridine rings is 1. The summed E-state index contributed by atoms with van der Waals surface area (Å²) in [6, 6.07) is 9.68. The molecule has 1 aromatic carbocycles. The van der Waals surface area contributed by atoms with Crippen molar-refractivity contribution in [2.75, 3.05) is 29.0 Å². The minimum atomic E-state index is -5.77. The van der Waals surface area contributed by atoms with Crippen LogP contribution in [0.15, 0.2) is 42.9 Å². The molecule has 5 rings (SSSR count). The third-order valence-electron chi connectivity index (χ3n) is 7.51. The van der Waals surface area contributed by atoms with Crippen molar-refractivity contribution in [1.82, 2.24) is 19.9 Å². The van der Waals surface area contributed by atoms with Gasteiger partial charge in [0.1, 0.15) is 11.4 Å². The fraction of sp³-hybridized carbons (Fsp3) is 0.355. The third kappa shape index (κ3) is 10.3. The number of nitrogens with one attached hydrogen (secondary N) is 3. The van der Waals surface area contributed by atoms with Crippen LogP contribution in [0, 0.1) is 17.2 Å². The molecule has 0 aliphatic carbocycles. The highest BCUT2D eigenvalue weighted by Gasteiger charge is 2.54. The molecular weight excluding hydrogens is 698 g/mol. The van der Waals surface area contributed by atoms with Crippen molar-refractivity contribution in [3.8, 4) is 6.07 Å². The number of amides is 2. The van der Waals surface area contributed by atoms with Crippen molar-refractivity contribution < 1.29 is 45.5 Å². The fourth-order valence-corrected chi connectivity index (χ4v) is 5.18. The van der Waals surface area contributed by atoms with Crippen molar-refractivity contribution in [3.63, 3.8) is 0 Å². The second-order valence-electron chi connectivity index (χ2n) is 11.2. The van der Waals surface area contributed by atoms with Crippen molar-refractivity contribution in [2.45, 2.75) is 50.9 Å². The van der Waals surface area contributed by atoms with E-state index in [1.165, 1.54) is 6.20 Å². The molecule has 0 spiro atoms. The van der Waals surface area contributed by atoms with Crippen LogP contribution >= 0.6 is 11.6 Å². The van der Waals surface area contributed by atoms with Gasteiger partial charge in [-0.2, -0.15) is 36.6 Å². The van der Waals surface area contributed by atoms with Gasteiger partial charge in [0.05, 0.1) is 24.2 Å². The second kappa shape index (κ2) is 15.9. The number of likely N-dealkylation sites (tertiary alicyclic amines) is 1. The Morgan fingerprint density at radius 2 is 1.62 bits per heavy atom. The van der Waals surface area contributed by atoms with Gasteiger partial charge in [0.25, 0.3) is 0 Å². The highest BCUT2D eigenvalue weighted by molar-refractivity contribution is 6.41. The van der Waals surface area contributed by atoms with Crippen LogP contribution in [0.1, 0.15) is 36.8 Å². The van der Waals surface area contributed by atoms with Gasteiger partial charge < -0.3 is 20.9 Å². The number of nitrogens with zero attached hydrogens (tertiary/aromatic N) is 5. The molecule has 2 amide bonds. The first kappa shape index (κ1) is 37.5. The first-order valence-corrected chi connectivity index (χ1v) is 15.2. The maximum atomic E-state index is 13.0. The molecule has 3 N–H and O–H groups in total. The maximum Gasteiger partial charge on any atom is 0.458 e. The zero-order chi connectivity index (χ0) is 36.6.